The molecule has 0 saturated heterocycles. The Kier molecular flexibility index (Phi) is 5.44. The molecule has 0 atom stereocenters. The van der Waals surface area contributed by atoms with Crippen LogP contribution < -0.4 is 10.6 Å². The highest BCUT2D eigenvalue weighted by Gasteiger charge is 2.34. The van der Waals surface area contributed by atoms with Crippen LogP contribution in [0.15, 0.2) is 4.99 Å². The third-order valence-corrected chi connectivity index (χ3v) is 2.72. The molecule has 0 aromatic rings. The number of nitrogens with zero attached hydrogens (tertiary/aromatic N) is 2. The van der Waals surface area contributed by atoms with Crippen molar-refractivity contribution in [1.82, 2.24) is 15.5 Å². The van der Waals surface area contributed by atoms with Crippen molar-refractivity contribution in [2.24, 2.45) is 4.99 Å². The molecule has 0 unspecified atom stereocenters. The molecule has 0 radical (unpaired) electrons. The fourth-order valence-corrected chi connectivity index (χ4v) is 1.70. The van der Waals surface area contributed by atoms with Crippen LogP contribution in [0.25, 0.3) is 0 Å². The van der Waals surface area contributed by atoms with E-state index in [4.69, 9.17) is 4.74 Å². The molecule has 0 bridgehead atoms. The Morgan fingerprint density at radius 1 is 1.42 bits per heavy atom. The minimum absolute atomic E-state index is 0.226. The van der Waals surface area contributed by atoms with Crippen LogP contribution in [0.3, 0.4) is 0 Å². The lowest BCUT2D eigenvalue weighted by Gasteiger charge is -2.27. The van der Waals surface area contributed by atoms with Crippen LogP contribution in [0.5, 0.6) is 0 Å². The Balaban J connectivity index is 2.43. The Morgan fingerprint density at radius 3 is 2.47 bits per heavy atom. The van der Waals surface area contributed by atoms with E-state index in [0.29, 0.717) is 19.1 Å². The molecule has 110 valence electrons. The van der Waals surface area contributed by atoms with Crippen molar-refractivity contribution in [3.63, 3.8) is 0 Å². The van der Waals surface area contributed by atoms with Crippen LogP contribution in [0.2, 0.25) is 0 Å². The van der Waals surface area contributed by atoms with Gasteiger partial charge in [-0.25, -0.2) is 4.79 Å². The van der Waals surface area contributed by atoms with Gasteiger partial charge in [0.2, 0.25) is 0 Å². The van der Waals surface area contributed by atoms with Gasteiger partial charge < -0.3 is 20.3 Å². The van der Waals surface area contributed by atoms with Crippen LogP contribution in [-0.2, 0) is 4.74 Å². The molecule has 1 saturated carbocycles. The second-order valence-corrected chi connectivity index (χ2v) is 5.65. The normalized spacial score (nSPS) is 15.9. The van der Waals surface area contributed by atoms with Crippen molar-refractivity contribution in [1.29, 1.82) is 0 Å². The van der Waals surface area contributed by atoms with Crippen molar-refractivity contribution < 1.29 is 9.53 Å². The first-order valence-electron chi connectivity index (χ1n) is 6.75. The average Bonchev–Trinajstić information content (AvgIpc) is 3.11. The molecule has 1 aliphatic carbocycles. The van der Waals surface area contributed by atoms with E-state index in [1.807, 2.05) is 27.8 Å². The van der Waals surface area contributed by atoms with Crippen LogP contribution in [-0.4, -0.2) is 55.8 Å². The van der Waals surface area contributed by atoms with Crippen molar-refractivity contribution in [3.05, 3.63) is 0 Å². The summed E-state index contributed by atoms with van der Waals surface area (Å²) in [6.45, 7) is 6.94. The van der Waals surface area contributed by atoms with Crippen LogP contribution >= 0.6 is 0 Å². The van der Waals surface area contributed by atoms with E-state index in [-0.39, 0.29) is 6.09 Å². The van der Waals surface area contributed by atoms with Crippen LogP contribution in [0, 0.1) is 0 Å². The second-order valence-electron chi connectivity index (χ2n) is 5.65. The van der Waals surface area contributed by atoms with E-state index in [1.165, 1.54) is 0 Å². The lowest BCUT2D eigenvalue weighted by molar-refractivity contribution is 0.0238. The zero-order valence-corrected chi connectivity index (χ0v) is 12.6. The molecule has 6 nitrogen and oxygen atoms in total. The van der Waals surface area contributed by atoms with Gasteiger partial charge in [0.15, 0.2) is 5.96 Å². The van der Waals surface area contributed by atoms with E-state index >= 15 is 0 Å². The van der Waals surface area contributed by atoms with Gasteiger partial charge in [-0.1, -0.05) is 0 Å². The van der Waals surface area contributed by atoms with Crippen molar-refractivity contribution in [2.75, 3.05) is 27.2 Å². The van der Waals surface area contributed by atoms with Crippen molar-refractivity contribution in [2.45, 2.75) is 45.3 Å². The van der Waals surface area contributed by atoms with E-state index in [0.717, 1.165) is 18.8 Å². The first kappa shape index (κ1) is 15.6. The minimum Gasteiger partial charge on any atom is -0.444 e. The van der Waals surface area contributed by atoms with Gasteiger partial charge in [0.25, 0.3) is 0 Å². The molecule has 0 heterocycles. The fraction of sp³-hybridized carbons (Fsp3) is 0.846. The standard InChI is InChI=1S/C13H26N4O2/c1-13(2,3)19-12(18)17(10-6-7-10)9-8-16-11(14-4)15-5/h10H,6-9H2,1-5H3,(H2,14,15,16). The van der Waals surface area contributed by atoms with Crippen LogP contribution in [0.4, 0.5) is 4.79 Å². The SMILES string of the molecule is CN=C(NC)NCCN(C(=O)OC(C)(C)C)C1CC1. The minimum atomic E-state index is -0.446. The topological polar surface area (TPSA) is 66.0 Å². The van der Waals surface area contributed by atoms with E-state index in [9.17, 15) is 4.79 Å². The van der Waals surface area contributed by atoms with Gasteiger partial charge in [0.05, 0.1) is 0 Å². The number of aliphatic imine (C=N–C) groups is 1. The quantitative estimate of drug-likeness (QED) is 0.595. The molecule has 1 fully saturated rings. The summed E-state index contributed by atoms with van der Waals surface area (Å²) < 4.78 is 5.42. The lowest BCUT2D eigenvalue weighted by Crippen LogP contribution is -2.44. The van der Waals surface area contributed by atoms with Crippen LogP contribution in [0.1, 0.15) is 33.6 Å². The molecule has 1 rings (SSSR count). The number of nitrogens with one attached hydrogen (secondary N) is 2. The van der Waals surface area contributed by atoms with Gasteiger partial charge >= 0.3 is 6.09 Å². The summed E-state index contributed by atoms with van der Waals surface area (Å²) in [6, 6.07) is 0.341. The first-order valence-corrected chi connectivity index (χ1v) is 6.75. The number of ether oxygens (including phenoxy) is 1. The highest BCUT2D eigenvalue weighted by atomic mass is 16.6. The fourth-order valence-electron chi connectivity index (χ4n) is 1.70. The summed E-state index contributed by atoms with van der Waals surface area (Å²) in [6.07, 6.45) is 1.91. The molecule has 1 amide bonds. The number of rotatable bonds is 4. The monoisotopic (exact) mass is 270 g/mol. The maximum Gasteiger partial charge on any atom is 0.410 e. The van der Waals surface area contributed by atoms with Gasteiger partial charge in [0, 0.05) is 33.2 Å². The molecule has 0 aromatic carbocycles. The van der Waals surface area contributed by atoms with Gasteiger partial charge in [0.1, 0.15) is 5.60 Å². The Morgan fingerprint density at radius 2 is 2.05 bits per heavy atom. The summed E-state index contributed by atoms with van der Waals surface area (Å²) in [5, 5.41) is 6.08. The third-order valence-electron chi connectivity index (χ3n) is 2.72. The maximum atomic E-state index is 12.1. The van der Waals surface area contributed by atoms with Gasteiger partial charge in [-0.2, -0.15) is 0 Å². The highest BCUT2D eigenvalue weighted by Crippen LogP contribution is 2.27. The predicted octanol–water partition coefficient (Wildman–Crippen LogP) is 1.18. The predicted molar refractivity (Wildman–Crippen MR) is 76.4 cm³/mol. The third kappa shape index (κ3) is 5.81. The zero-order chi connectivity index (χ0) is 14.5. The highest BCUT2D eigenvalue weighted by molar-refractivity contribution is 5.79. The van der Waals surface area contributed by atoms with Gasteiger partial charge in [-0.05, 0) is 33.6 Å². The Bertz CT molecular complexity index is 332. The number of hydrogen-bond donors (Lipinski definition) is 2. The Labute approximate surface area is 115 Å². The number of amides is 1. The summed E-state index contributed by atoms with van der Waals surface area (Å²) >= 11 is 0. The molecule has 1 aliphatic rings. The molecular weight excluding hydrogens is 244 g/mol. The number of hydrogen-bond acceptors (Lipinski definition) is 3. The van der Waals surface area contributed by atoms with Gasteiger partial charge in [-0.15, -0.1) is 0 Å². The zero-order valence-electron chi connectivity index (χ0n) is 12.6. The molecule has 0 spiro atoms. The number of carbonyl (C=O) groups is 1. The molecular formula is C13H26N4O2. The molecule has 2 N–H and O–H groups in total. The summed E-state index contributed by atoms with van der Waals surface area (Å²) in [5.41, 5.74) is -0.446. The molecule has 19 heavy (non-hydrogen) atoms. The number of guanidine groups is 1. The molecule has 0 aromatic heterocycles. The van der Waals surface area contributed by atoms with Gasteiger partial charge in [-0.3, -0.25) is 4.99 Å². The first-order chi connectivity index (χ1) is 8.87. The second kappa shape index (κ2) is 6.63. The van der Waals surface area contributed by atoms with Crippen molar-refractivity contribution >= 4 is 12.1 Å². The average molecular weight is 270 g/mol. The van der Waals surface area contributed by atoms with E-state index in [1.54, 1.807) is 11.9 Å². The van der Waals surface area contributed by atoms with E-state index < -0.39 is 5.60 Å². The summed E-state index contributed by atoms with van der Waals surface area (Å²) in [7, 11) is 3.52. The van der Waals surface area contributed by atoms with E-state index in [2.05, 4.69) is 15.6 Å². The summed E-state index contributed by atoms with van der Waals surface area (Å²) in [5.74, 6) is 0.722. The smallest absolute Gasteiger partial charge is 0.410 e. The number of carbonyl (C=O) groups excluding carboxylic acids is 1. The Hall–Kier alpha value is -1.46. The molecule has 0 aliphatic heterocycles. The largest absolute Gasteiger partial charge is 0.444 e. The maximum absolute atomic E-state index is 12.1. The van der Waals surface area contributed by atoms with Crippen molar-refractivity contribution in [3.8, 4) is 0 Å². The summed E-state index contributed by atoms with van der Waals surface area (Å²) in [4.78, 5) is 17.9. The lowest BCUT2D eigenvalue weighted by atomic mass is 10.2. The molecule has 6 heteroatoms.